The van der Waals surface area contributed by atoms with Crippen LogP contribution < -0.4 is 10.9 Å². The quantitative estimate of drug-likeness (QED) is 0.895. The number of benzene rings is 1. The van der Waals surface area contributed by atoms with Crippen molar-refractivity contribution in [3.8, 4) is 0 Å². The summed E-state index contributed by atoms with van der Waals surface area (Å²) in [4.78, 5) is 19.4. The highest BCUT2D eigenvalue weighted by molar-refractivity contribution is 6.35. The molecule has 20 heavy (non-hydrogen) atoms. The highest BCUT2D eigenvalue weighted by atomic mass is 35.5. The summed E-state index contributed by atoms with van der Waals surface area (Å²) in [6.45, 7) is 1.46. The summed E-state index contributed by atoms with van der Waals surface area (Å²) in [5.41, 5.74) is 2.47. The number of hydrogen-bond acceptors (Lipinski definition) is 3. The summed E-state index contributed by atoms with van der Waals surface area (Å²) in [6.07, 6.45) is 1.21. The lowest BCUT2D eigenvalue weighted by Gasteiger charge is -2.16. The number of fused-ring (bicyclic) bond motifs is 1. The molecule has 2 heterocycles. The topological polar surface area (TPSA) is 57.8 Å². The second-order valence-corrected chi connectivity index (χ2v) is 5.62. The number of H-pyrrole nitrogens is 1. The summed E-state index contributed by atoms with van der Waals surface area (Å²) in [7, 11) is 0. The Morgan fingerprint density at radius 2 is 2.15 bits per heavy atom. The van der Waals surface area contributed by atoms with Crippen LogP contribution >= 0.6 is 23.2 Å². The number of halogens is 2. The van der Waals surface area contributed by atoms with Gasteiger partial charge in [0.15, 0.2) is 0 Å². The molecule has 1 aliphatic rings. The monoisotopic (exact) mass is 309 g/mol. The van der Waals surface area contributed by atoms with Crippen molar-refractivity contribution in [2.24, 2.45) is 0 Å². The fourth-order valence-electron chi connectivity index (χ4n) is 2.35. The molecular formula is C14H13Cl2N3O. The largest absolute Gasteiger partial charge is 0.311 e. The summed E-state index contributed by atoms with van der Waals surface area (Å²) < 4.78 is 0. The average molecular weight is 310 g/mol. The van der Waals surface area contributed by atoms with E-state index in [4.69, 9.17) is 23.2 Å². The molecule has 2 aromatic rings. The third-order valence-electron chi connectivity index (χ3n) is 3.37. The first-order chi connectivity index (χ1) is 9.63. The standard InChI is InChI=1S/C14H13Cl2N3O/c15-9-2-1-8(11(16)6-9)5-13-18-12-7-17-4-3-10(12)14(20)19-13/h1-2,6,17H,3-5,7H2,(H,18,19,20). The summed E-state index contributed by atoms with van der Waals surface area (Å²) in [5.74, 6) is 0.627. The van der Waals surface area contributed by atoms with E-state index in [1.54, 1.807) is 12.1 Å². The zero-order chi connectivity index (χ0) is 14.1. The van der Waals surface area contributed by atoms with E-state index in [2.05, 4.69) is 15.3 Å². The van der Waals surface area contributed by atoms with Gasteiger partial charge in [0.05, 0.1) is 5.69 Å². The third-order valence-corrected chi connectivity index (χ3v) is 3.95. The minimum absolute atomic E-state index is 0.0448. The van der Waals surface area contributed by atoms with Crippen molar-refractivity contribution in [2.75, 3.05) is 6.54 Å². The number of aromatic amines is 1. The van der Waals surface area contributed by atoms with E-state index in [0.29, 0.717) is 28.8 Å². The Kier molecular flexibility index (Phi) is 3.78. The van der Waals surface area contributed by atoms with Crippen molar-refractivity contribution >= 4 is 23.2 Å². The first-order valence-electron chi connectivity index (χ1n) is 6.39. The maximum atomic E-state index is 12.0. The van der Waals surface area contributed by atoms with Gasteiger partial charge in [0, 0.05) is 28.6 Å². The fraction of sp³-hybridized carbons (Fsp3) is 0.286. The lowest BCUT2D eigenvalue weighted by molar-refractivity contribution is 0.613. The van der Waals surface area contributed by atoms with Gasteiger partial charge in [0.1, 0.15) is 5.82 Å². The minimum Gasteiger partial charge on any atom is -0.311 e. The Balaban J connectivity index is 1.95. The van der Waals surface area contributed by atoms with Crippen LogP contribution in [-0.2, 0) is 19.4 Å². The van der Waals surface area contributed by atoms with Crippen molar-refractivity contribution < 1.29 is 0 Å². The summed E-state index contributed by atoms with van der Waals surface area (Å²) in [5, 5.41) is 4.39. The number of aromatic nitrogens is 2. The molecule has 0 spiro atoms. The molecule has 104 valence electrons. The van der Waals surface area contributed by atoms with Gasteiger partial charge in [-0.25, -0.2) is 4.98 Å². The van der Waals surface area contributed by atoms with Gasteiger partial charge in [0.2, 0.25) is 0 Å². The van der Waals surface area contributed by atoms with E-state index >= 15 is 0 Å². The predicted octanol–water partition coefficient (Wildman–Crippen LogP) is 2.31. The Morgan fingerprint density at radius 3 is 2.95 bits per heavy atom. The van der Waals surface area contributed by atoms with E-state index < -0.39 is 0 Å². The van der Waals surface area contributed by atoms with Gasteiger partial charge in [0.25, 0.3) is 5.56 Å². The second kappa shape index (κ2) is 5.56. The SMILES string of the molecule is O=c1[nH]c(Cc2ccc(Cl)cc2Cl)nc2c1CCNC2. The molecule has 6 heteroatoms. The number of nitrogens with zero attached hydrogens (tertiary/aromatic N) is 1. The molecule has 2 N–H and O–H groups in total. The molecule has 0 saturated carbocycles. The summed E-state index contributed by atoms with van der Waals surface area (Å²) >= 11 is 12.0. The molecule has 0 saturated heterocycles. The smallest absolute Gasteiger partial charge is 0.254 e. The number of rotatable bonds is 2. The second-order valence-electron chi connectivity index (χ2n) is 4.78. The van der Waals surface area contributed by atoms with Gasteiger partial charge in [-0.2, -0.15) is 0 Å². The molecule has 1 aromatic heterocycles. The van der Waals surface area contributed by atoms with Crippen LogP contribution in [-0.4, -0.2) is 16.5 Å². The zero-order valence-corrected chi connectivity index (χ0v) is 12.2. The lowest BCUT2D eigenvalue weighted by atomic mass is 10.1. The van der Waals surface area contributed by atoms with Crippen molar-refractivity contribution in [1.82, 2.24) is 15.3 Å². The van der Waals surface area contributed by atoms with Crippen molar-refractivity contribution in [3.63, 3.8) is 0 Å². The van der Waals surface area contributed by atoms with Crippen LogP contribution in [0.2, 0.25) is 10.0 Å². The van der Waals surface area contributed by atoms with E-state index in [1.165, 1.54) is 0 Å². The maximum Gasteiger partial charge on any atom is 0.254 e. The van der Waals surface area contributed by atoms with E-state index in [0.717, 1.165) is 29.8 Å². The molecule has 0 bridgehead atoms. The van der Waals surface area contributed by atoms with Crippen LogP contribution in [0.5, 0.6) is 0 Å². The molecule has 0 radical (unpaired) electrons. The molecule has 1 aromatic carbocycles. The Labute approximate surface area is 126 Å². The number of hydrogen-bond donors (Lipinski definition) is 2. The van der Waals surface area contributed by atoms with Crippen LogP contribution in [0, 0.1) is 0 Å². The third kappa shape index (κ3) is 2.73. The van der Waals surface area contributed by atoms with Crippen molar-refractivity contribution in [1.29, 1.82) is 0 Å². The van der Waals surface area contributed by atoms with Gasteiger partial charge in [-0.1, -0.05) is 29.3 Å². The molecule has 3 rings (SSSR count). The van der Waals surface area contributed by atoms with Gasteiger partial charge < -0.3 is 10.3 Å². The lowest BCUT2D eigenvalue weighted by Crippen LogP contribution is -2.31. The van der Waals surface area contributed by atoms with E-state index in [1.807, 2.05) is 6.07 Å². The maximum absolute atomic E-state index is 12.0. The first-order valence-corrected chi connectivity index (χ1v) is 7.14. The van der Waals surface area contributed by atoms with Gasteiger partial charge in [-0.3, -0.25) is 4.79 Å². The van der Waals surface area contributed by atoms with Crippen LogP contribution in [0.4, 0.5) is 0 Å². The highest BCUT2D eigenvalue weighted by Gasteiger charge is 2.15. The zero-order valence-electron chi connectivity index (χ0n) is 10.7. The number of nitrogens with one attached hydrogen (secondary N) is 2. The van der Waals surface area contributed by atoms with Gasteiger partial charge >= 0.3 is 0 Å². The molecular weight excluding hydrogens is 297 g/mol. The van der Waals surface area contributed by atoms with Crippen molar-refractivity contribution in [3.05, 3.63) is 61.2 Å². The van der Waals surface area contributed by atoms with E-state index in [-0.39, 0.29) is 5.56 Å². The highest BCUT2D eigenvalue weighted by Crippen LogP contribution is 2.22. The molecule has 1 aliphatic heterocycles. The van der Waals surface area contributed by atoms with Gasteiger partial charge in [-0.05, 0) is 30.7 Å². The minimum atomic E-state index is -0.0448. The molecule has 0 atom stereocenters. The van der Waals surface area contributed by atoms with Crippen LogP contribution in [0.15, 0.2) is 23.0 Å². The fourth-order valence-corrected chi connectivity index (χ4v) is 2.82. The normalized spacial score (nSPS) is 14.1. The van der Waals surface area contributed by atoms with E-state index in [9.17, 15) is 4.79 Å². The average Bonchev–Trinajstić information content (AvgIpc) is 2.42. The van der Waals surface area contributed by atoms with Crippen LogP contribution in [0.1, 0.15) is 22.6 Å². The van der Waals surface area contributed by atoms with Crippen LogP contribution in [0.25, 0.3) is 0 Å². The van der Waals surface area contributed by atoms with Crippen LogP contribution in [0.3, 0.4) is 0 Å². The first kappa shape index (κ1) is 13.6. The Hall–Kier alpha value is -1.36. The predicted molar refractivity (Wildman–Crippen MR) is 79.5 cm³/mol. The van der Waals surface area contributed by atoms with Crippen molar-refractivity contribution in [2.45, 2.75) is 19.4 Å². The Morgan fingerprint density at radius 1 is 1.30 bits per heavy atom. The Bertz CT molecular complexity index is 712. The molecule has 0 fully saturated rings. The molecule has 0 aliphatic carbocycles. The summed E-state index contributed by atoms with van der Waals surface area (Å²) in [6, 6.07) is 5.32. The molecule has 0 unspecified atom stereocenters. The van der Waals surface area contributed by atoms with Gasteiger partial charge in [-0.15, -0.1) is 0 Å². The molecule has 4 nitrogen and oxygen atoms in total. The molecule has 0 amide bonds.